The van der Waals surface area contributed by atoms with Crippen molar-refractivity contribution in [3.05, 3.63) is 44.9 Å². The number of thiazole rings is 1. The number of amides is 2. The van der Waals surface area contributed by atoms with Crippen LogP contribution in [0.25, 0.3) is 0 Å². The van der Waals surface area contributed by atoms with Crippen LogP contribution in [0.5, 0.6) is 0 Å². The highest BCUT2D eigenvalue weighted by Gasteiger charge is 2.22. The average Bonchev–Trinajstić information content (AvgIpc) is 3.11. The van der Waals surface area contributed by atoms with Gasteiger partial charge >= 0.3 is 0 Å². The molecule has 1 aliphatic heterocycles. The van der Waals surface area contributed by atoms with Gasteiger partial charge in [-0.05, 0) is 37.5 Å². The van der Waals surface area contributed by atoms with Gasteiger partial charge in [0.25, 0.3) is 11.8 Å². The Hall–Kier alpha value is -1.96. The van der Waals surface area contributed by atoms with Gasteiger partial charge in [-0.3, -0.25) is 9.59 Å². The van der Waals surface area contributed by atoms with Gasteiger partial charge in [-0.2, -0.15) is 0 Å². The molecule has 0 bridgehead atoms. The fourth-order valence-corrected chi connectivity index (χ4v) is 3.60. The van der Waals surface area contributed by atoms with E-state index in [1.807, 2.05) is 4.90 Å². The molecular formula is C17H19ClN4O2S. The molecule has 0 atom stereocenters. The highest BCUT2D eigenvalue weighted by atomic mass is 35.5. The monoisotopic (exact) mass is 378 g/mol. The summed E-state index contributed by atoms with van der Waals surface area (Å²) < 4.78 is 0. The van der Waals surface area contributed by atoms with Crippen molar-refractivity contribution in [3.63, 3.8) is 0 Å². The summed E-state index contributed by atoms with van der Waals surface area (Å²) in [6.07, 6.45) is 3.14. The first kappa shape index (κ1) is 17.8. The van der Waals surface area contributed by atoms with Crippen LogP contribution in [0.2, 0.25) is 5.02 Å². The molecule has 1 fully saturated rings. The lowest BCUT2D eigenvalue weighted by atomic mass is 10.1. The molecule has 6 nitrogen and oxygen atoms in total. The molecule has 2 amide bonds. The SMILES string of the molecule is NCc1nc(C(=O)Nc2cc(Cl)ccc2C(=O)N2CCCCC2)cs1. The van der Waals surface area contributed by atoms with Crippen LogP contribution < -0.4 is 11.1 Å². The van der Waals surface area contributed by atoms with Crippen molar-refractivity contribution in [3.8, 4) is 0 Å². The van der Waals surface area contributed by atoms with Gasteiger partial charge in [-0.15, -0.1) is 11.3 Å². The normalized spacial score (nSPS) is 14.4. The molecule has 3 rings (SSSR count). The molecule has 8 heteroatoms. The Kier molecular flexibility index (Phi) is 5.67. The number of aromatic nitrogens is 1. The lowest BCUT2D eigenvalue weighted by Gasteiger charge is -2.27. The molecule has 2 aromatic rings. The van der Waals surface area contributed by atoms with Crippen LogP contribution in [0.3, 0.4) is 0 Å². The number of nitrogens with one attached hydrogen (secondary N) is 1. The fraction of sp³-hybridized carbons (Fsp3) is 0.353. The standard InChI is InChI=1S/C17H19ClN4O2S/c18-11-4-5-12(17(24)22-6-2-1-3-7-22)13(8-11)21-16(23)14-10-25-15(9-19)20-14/h4-5,8,10H,1-3,6-7,9,19H2,(H,21,23). The molecule has 0 unspecified atom stereocenters. The number of carbonyl (C=O) groups is 2. The molecule has 1 saturated heterocycles. The van der Waals surface area contributed by atoms with Gasteiger partial charge in [-0.1, -0.05) is 11.6 Å². The van der Waals surface area contributed by atoms with Crippen LogP contribution in [-0.2, 0) is 6.54 Å². The second-order valence-corrected chi connectivity index (χ2v) is 7.21. The molecule has 0 radical (unpaired) electrons. The minimum absolute atomic E-state index is 0.0902. The molecule has 1 aromatic carbocycles. The number of carbonyl (C=O) groups excluding carboxylic acids is 2. The number of benzene rings is 1. The minimum Gasteiger partial charge on any atom is -0.339 e. The number of nitrogens with two attached hydrogens (primary N) is 1. The van der Waals surface area contributed by atoms with Crippen LogP contribution in [0, 0.1) is 0 Å². The van der Waals surface area contributed by atoms with Crippen LogP contribution in [0.15, 0.2) is 23.6 Å². The summed E-state index contributed by atoms with van der Waals surface area (Å²) in [6, 6.07) is 4.90. The van der Waals surface area contributed by atoms with E-state index in [-0.39, 0.29) is 24.1 Å². The van der Waals surface area contributed by atoms with E-state index in [1.54, 1.807) is 23.6 Å². The first-order valence-corrected chi connectivity index (χ1v) is 9.39. The van der Waals surface area contributed by atoms with Gasteiger partial charge in [0, 0.05) is 30.0 Å². The molecule has 132 valence electrons. The summed E-state index contributed by atoms with van der Waals surface area (Å²) in [5.74, 6) is -0.474. The largest absolute Gasteiger partial charge is 0.339 e. The lowest BCUT2D eigenvalue weighted by Crippen LogP contribution is -2.36. The minimum atomic E-state index is -0.383. The van der Waals surface area contributed by atoms with Crippen molar-refractivity contribution in [2.45, 2.75) is 25.8 Å². The van der Waals surface area contributed by atoms with Crippen LogP contribution in [-0.4, -0.2) is 34.8 Å². The van der Waals surface area contributed by atoms with E-state index in [0.717, 1.165) is 32.4 Å². The Morgan fingerprint density at radius 2 is 2.04 bits per heavy atom. The number of hydrogen-bond acceptors (Lipinski definition) is 5. The zero-order valence-electron chi connectivity index (χ0n) is 13.6. The van der Waals surface area contributed by atoms with Gasteiger partial charge in [0.15, 0.2) is 0 Å². The zero-order chi connectivity index (χ0) is 17.8. The third-order valence-corrected chi connectivity index (χ3v) is 5.17. The number of piperidine rings is 1. The summed E-state index contributed by atoms with van der Waals surface area (Å²) in [5.41, 5.74) is 6.65. The van der Waals surface area contributed by atoms with Gasteiger partial charge in [-0.25, -0.2) is 4.98 Å². The Balaban J connectivity index is 1.83. The number of anilines is 1. The maximum absolute atomic E-state index is 12.8. The first-order chi connectivity index (χ1) is 12.1. The number of rotatable bonds is 4. The quantitative estimate of drug-likeness (QED) is 0.855. The molecule has 2 heterocycles. The van der Waals surface area contributed by atoms with Gasteiger partial charge in [0.05, 0.1) is 11.3 Å². The average molecular weight is 379 g/mol. The van der Waals surface area contributed by atoms with E-state index >= 15 is 0 Å². The Labute approximate surface area is 155 Å². The first-order valence-electron chi connectivity index (χ1n) is 8.13. The molecule has 0 spiro atoms. The number of halogens is 1. The predicted molar refractivity (Wildman–Crippen MR) is 99.2 cm³/mol. The van der Waals surface area contributed by atoms with Crippen molar-refractivity contribution < 1.29 is 9.59 Å². The number of likely N-dealkylation sites (tertiary alicyclic amines) is 1. The lowest BCUT2D eigenvalue weighted by molar-refractivity contribution is 0.0725. The summed E-state index contributed by atoms with van der Waals surface area (Å²) in [6.45, 7) is 1.76. The summed E-state index contributed by atoms with van der Waals surface area (Å²) >= 11 is 7.38. The number of nitrogens with zero attached hydrogens (tertiary/aromatic N) is 2. The Bertz CT molecular complexity index is 787. The molecule has 25 heavy (non-hydrogen) atoms. The van der Waals surface area contributed by atoms with Crippen LogP contribution >= 0.6 is 22.9 Å². The Morgan fingerprint density at radius 1 is 1.28 bits per heavy atom. The Morgan fingerprint density at radius 3 is 2.72 bits per heavy atom. The van der Waals surface area contributed by atoms with Crippen molar-refractivity contribution in [1.82, 2.24) is 9.88 Å². The van der Waals surface area contributed by atoms with Crippen molar-refractivity contribution in [2.75, 3.05) is 18.4 Å². The van der Waals surface area contributed by atoms with E-state index in [2.05, 4.69) is 10.3 Å². The second-order valence-electron chi connectivity index (χ2n) is 5.83. The molecule has 1 aromatic heterocycles. The van der Waals surface area contributed by atoms with E-state index in [9.17, 15) is 9.59 Å². The number of hydrogen-bond donors (Lipinski definition) is 2. The van der Waals surface area contributed by atoms with Gasteiger partial charge in [0.1, 0.15) is 10.7 Å². The van der Waals surface area contributed by atoms with E-state index in [0.29, 0.717) is 21.3 Å². The molecule has 3 N–H and O–H groups in total. The zero-order valence-corrected chi connectivity index (χ0v) is 15.2. The highest BCUT2D eigenvalue weighted by molar-refractivity contribution is 7.09. The molecular weight excluding hydrogens is 360 g/mol. The van der Waals surface area contributed by atoms with Crippen molar-refractivity contribution >= 4 is 40.4 Å². The van der Waals surface area contributed by atoms with E-state index < -0.39 is 0 Å². The van der Waals surface area contributed by atoms with Gasteiger partial charge < -0.3 is 16.0 Å². The van der Waals surface area contributed by atoms with Crippen molar-refractivity contribution in [2.24, 2.45) is 5.73 Å². The maximum Gasteiger partial charge on any atom is 0.275 e. The third-order valence-electron chi connectivity index (χ3n) is 4.06. The summed E-state index contributed by atoms with van der Waals surface area (Å²) in [4.78, 5) is 31.2. The van der Waals surface area contributed by atoms with Gasteiger partial charge in [0.2, 0.25) is 0 Å². The topological polar surface area (TPSA) is 88.3 Å². The van der Waals surface area contributed by atoms with Crippen LogP contribution in [0.4, 0.5) is 5.69 Å². The molecule has 0 saturated carbocycles. The summed E-state index contributed by atoms with van der Waals surface area (Å²) in [5, 5.41) is 5.54. The molecule has 0 aliphatic carbocycles. The smallest absolute Gasteiger partial charge is 0.275 e. The molecule has 1 aliphatic rings. The second kappa shape index (κ2) is 7.95. The fourth-order valence-electron chi connectivity index (χ4n) is 2.77. The van der Waals surface area contributed by atoms with E-state index in [4.69, 9.17) is 17.3 Å². The maximum atomic E-state index is 12.8. The van der Waals surface area contributed by atoms with Crippen LogP contribution in [0.1, 0.15) is 45.1 Å². The van der Waals surface area contributed by atoms with Crippen molar-refractivity contribution in [1.29, 1.82) is 0 Å². The predicted octanol–water partition coefficient (Wildman–Crippen LogP) is 3.13. The summed E-state index contributed by atoms with van der Waals surface area (Å²) in [7, 11) is 0. The third kappa shape index (κ3) is 4.18. The van der Waals surface area contributed by atoms with E-state index in [1.165, 1.54) is 11.3 Å². The highest BCUT2D eigenvalue weighted by Crippen LogP contribution is 2.25.